The Hall–Kier alpha value is -2.92. The van der Waals surface area contributed by atoms with Gasteiger partial charge in [0.2, 0.25) is 0 Å². The van der Waals surface area contributed by atoms with E-state index < -0.39 is 27.1 Å². The lowest BCUT2D eigenvalue weighted by Crippen LogP contribution is -2.21. The topological polar surface area (TPSA) is 111 Å². The Labute approximate surface area is 122 Å². The summed E-state index contributed by atoms with van der Waals surface area (Å²) in [6, 6.07) is 7.70. The zero-order valence-electron chi connectivity index (χ0n) is 10.6. The molecule has 0 aliphatic carbocycles. The van der Waals surface area contributed by atoms with Gasteiger partial charge in [0.25, 0.3) is 5.75 Å². The first kappa shape index (κ1) is 14.5. The van der Waals surface area contributed by atoms with Crippen LogP contribution in [0.5, 0.6) is 11.5 Å². The van der Waals surface area contributed by atoms with Crippen LogP contribution in [0.25, 0.3) is 0 Å². The van der Waals surface area contributed by atoms with Gasteiger partial charge in [0.15, 0.2) is 5.02 Å². The Balaban J connectivity index is 2.52. The predicted molar refractivity (Wildman–Crippen MR) is 72.4 cm³/mol. The molecule has 0 saturated carbocycles. The fourth-order valence-electron chi connectivity index (χ4n) is 1.50. The zero-order chi connectivity index (χ0) is 15.6. The van der Waals surface area contributed by atoms with E-state index in [1.165, 1.54) is 31.3 Å². The fraction of sp³-hybridized carbons (Fsp3) is 0.0833. The first-order valence-electron chi connectivity index (χ1n) is 5.53. The summed E-state index contributed by atoms with van der Waals surface area (Å²) in [6.45, 7) is 0. The van der Waals surface area contributed by atoms with E-state index in [-0.39, 0.29) is 5.75 Å². The van der Waals surface area contributed by atoms with Gasteiger partial charge in [-0.15, -0.1) is 4.68 Å². The third-order valence-electron chi connectivity index (χ3n) is 2.51. The second-order valence-electron chi connectivity index (χ2n) is 3.89. The van der Waals surface area contributed by atoms with Crippen LogP contribution in [-0.2, 0) is 7.05 Å². The largest absolute Gasteiger partial charge is 0.447 e. The quantitative estimate of drug-likeness (QED) is 0.633. The molecule has 0 atom stereocenters. The summed E-state index contributed by atoms with van der Waals surface area (Å²) in [6.07, 6.45) is 0. The highest BCUT2D eigenvalue weighted by Crippen LogP contribution is 2.33. The smallest absolute Gasteiger partial charge is 0.432 e. The summed E-state index contributed by atoms with van der Waals surface area (Å²) < 4.78 is 6.03. The Morgan fingerprint density at radius 3 is 2.57 bits per heavy atom. The van der Waals surface area contributed by atoms with Crippen LogP contribution in [-0.4, -0.2) is 14.7 Å². The van der Waals surface area contributed by atoms with E-state index >= 15 is 0 Å². The molecule has 2 rings (SSSR count). The van der Waals surface area contributed by atoms with Crippen molar-refractivity contribution in [2.45, 2.75) is 0 Å². The molecule has 0 N–H and O–H groups in total. The van der Waals surface area contributed by atoms with E-state index in [4.69, 9.17) is 21.6 Å². The minimum Gasteiger partial charge on any atom is -0.447 e. The van der Waals surface area contributed by atoms with Gasteiger partial charge in [-0.3, -0.25) is 4.79 Å². The van der Waals surface area contributed by atoms with Crippen molar-refractivity contribution in [3.8, 4) is 17.6 Å². The van der Waals surface area contributed by atoms with E-state index in [0.717, 1.165) is 4.68 Å². The van der Waals surface area contributed by atoms with Gasteiger partial charge in [0.1, 0.15) is 5.75 Å². The summed E-state index contributed by atoms with van der Waals surface area (Å²) in [5.41, 5.74) is -0.323. The maximum absolute atomic E-state index is 11.7. The Bertz CT molecular complexity index is 808. The molecule has 0 amide bonds. The molecule has 0 bridgehead atoms. The van der Waals surface area contributed by atoms with Gasteiger partial charge in [-0.2, -0.15) is 5.26 Å². The number of hydrogen-bond donors (Lipinski definition) is 0. The Kier molecular flexibility index (Phi) is 3.86. The molecule has 0 unspecified atom stereocenters. The third kappa shape index (κ3) is 2.82. The lowest BCUT2D eigenvalue weighted by Gasteiger charge is -2.07. The number of rotatable bonds is 3. The van der Waals surface area contributed by atoms with Crippen molar-refractivity contribution in [3.63, 3.8) is 0 Å². The first-order chi connectivity index (χ1) is 9.93. The molecule has 0 aliphatic rings. The number of hydrogen-bond acceptors (Lipinski definition) is 6. The summed E-state index contributed by atoms with van der Waals surface area (Å²) >= 11 is 5.80. The van der Waals surface area contributed by atoms with Crippen LogP contribution in [0.2, 0.25) is 5.02 Å². The summed E-state index contributed by atoms with van der Waals surface area (Å²) in [4.78, 5) is 21.9. The van der Waals surface area contributed by atoms with Crippen LogP contribution < -0.4 is 10.3 Å². The van der Waals surface area contributed by atoms with E-state index in [1.807, 2.05) is 6.07 Å². The molecular formula is C12H7ClN4O4. The number of nitrogens with zero attached hydrogens (tertiary/aromatic N) is 4. The second kappa shape index (κ2) is 5.60. The van der Waals surface area contributed by atoms with Crippen LogP contribution in [0.3, 0.4) is 0 Å². The minimum absolute atomic E-state index is 0.189. The maximum Gasteiger partial charge on any atom is 0.432 e. The number of ether oxygens (including phenoxy) is 1. The first-order valence-corrected chi connectivity index (χ1v) is 5.91. The monoisotopic (exact) mass is 306 g/mol. The van der Waals surface area contributed by atoms with Crippen molar-refractivity contribution in [1.82, 2.24) is 9.78 Å². The normalized spacial score (nSPS) is 9.95. The molecule has 0 fully saturated rings. The molecule has 8 nitrogen and oxygen atoms in total. The molecule has 0 aliphatic heterocycles. The van der Waals surface area contributed by atoms with Gasteiger partial charge in [-0.25, -0.2) is 0 Å². The van der Waals surface area contributed by atoms with Crippen molar-refractivity contribution in [3.05, 3.63) is 55.3 Å². The highest BCUT2D eigenvalue weighted by atomic mass is 35.5. The average Bonchev–Trinajstić information content (AvgIpc) is 2.48. The van der Waals surface area contributed by atoms with Crippen LogP contribution in [0, 0.1) is 21.4 Å². The Morgan fingerprint density at radius 1 is 1.43 bits per heavy atom. The predicted octanol–water partition coefficient (Wildman–Crippen LogP) is 2.01. The van der Waals surface area contributed by atoms with E-state index in [1.54, 1.807) is 0 Å². The van der Waals surface area contributed by atoms with Crippen LogP contribution in [0.4, 0.5) is 5.82 Å². The van der Waals surface area contributed by atoms with Gasteiger partial charge in [0, 0.05) is 0 Å². The molecule has 0 spiro atoms. The molecule has 106 valence electrons. The molecule has 9 heteroatoms. The molecular weight excluding hydrogens is 300 g/mol. The van der Waals surface area contributed by atoms with Crippen LogP contribution >= 0.6 is 11.6 Å². The van der Waals surface area contributed by atoms with E-state index in [9.17, 15) is 14.9 Å². The molecule has 0 saturated heterocycles. The minimum atomic E-state index is -0.801. The number of nitriles is 1. The number of aryl methyl sites for hydroxylation is 1. The van der Waals surface area contributed by atoms with Crippen molar-refractivity contribution in [1.29, 1.82) is 5.26 Å². The lowest BCUT2D eigenvalue weighted by atomic mass is 10.2. The zero-order valence-corrected chi connectivity index (χ0v) is 11.4. The Morgan fingerprint density at radius 2 is 2.05 bits per heavy atom. The van der Waals surface area contributed by atoms with Crippen LogP contribution in [0.15, 0.2) is 29.1 Å². The second-order valence-corrected chi connectivity index (χ2v) is 4.27. The molecule has 2 aromatic rings. The number of benzene rings is 1. The fourth-order valence-corrected chi connectivity index (χ4v) is 1.74. The molecule has 1 aromatic carbocycles. The number of nitro groups is 1. The van der Waals surface area contributed by atoms with Crippen LogP contribution in [0.1, 0.15) is 5.56 Å². The summed E-state index contributed by atoms with van der Waals surface area (Å²) in [5, 5.41) is 22.7. The van der Waals surface area contributed by atoms with Gasteiger partial charge in [-0.1, -0.05) is 11.6 Å². The number of halogens is 1. The van der Waals surface area contributed by atoms with Gasteiger partial charge in [-0.05, 0) is 29.2 Å². The third-order valence-corrected chi connectivity index (χ3v) is 2.84. The van der Waals surface area contributed by atoms with Crippen molar-refractivity contribution < 1.29 is 9.66 Å². The standard InChI is InChI=1S/C12H7ClN4O4/c1-16-12(18)9(13)10(11(15-16)17(19)20)21-8-4-2-7(6-14)3-5-8/h2-5H,1H3. The van der Waals surface area contributed by atoms with Crippen molar-refractivity contribution in [2.75, 3.05) is 0 Å². The maximum atomic E-state index is 11.7. The molecule has 1 heterocycles. The van der Waals surface area contributed by atoms with Crippen molar-refractivity contribution in [2.24, 2.45) is 7.05 Å². The number of aromatic nitrogens is 2. The van der Waals surface area contributed by atoms with E-state index in [0.29, 0.717) is 5.56 Å². The van der Waals surface area contributed by atoms with Gasteiger partial charge < -0.3 is 14.9 Å². The molecule has 1 aromatic heterocycles. The highest BCUT2D eigenvalue weighted by Gasteiger charge is 2.26. The van der Waals surface area contributed by atoms with Crippen molar-refractivity contribution >= 4 is 17.4 Å². The SMILES string of the molecule is Cn1nc([N+](=O)[O-])c(Oc2ccc(C#N)cc2)c(Cl)c1=O. The van der Waals surface area contributed by atoms with Gasteiger partial charge in [0.05, 0.1) is 23.8 Å². The molecule has 21 heavy (non-hydrogen) atoms. The van der Waals surface area contributed by atoms with Gasteiger partial charge >= 0.3 is 11.4 Å². The molecule has 0 radical (unpaired) electrons. The summed E-state index contributed by atoms with van der Waals surface area (Å²) in [5.74, 6) is -0.921. The highest BCUT2D eigenvalue weighted by molar-refractivity contribution is 6.32. The lowest BCUT2D eigenvalue weighted by molar-refractivity contribution is -0.391. The average molecular weight is 307 g/mol. The van der Waals surface area contributed by atoms with E-state index in [2.05, 4.69) is 5.10 Å². The summed E-state index contributed by atoms with van der Waals surface area (Å²) in [7, 11) is 1.24.